The highest BCUT2D eigenvalue weighted by Gasteiger charge is 2.29. The SMILES string of the molecule is Cc1ccc2c(c1)CCCN2S(=O)(=O)c1cccc(O)c1. The van der Waals surface area contributed by atoms with Gasteiger partial charge in [0.2, 0.25) is 0 Å². The normalized spacial score (nSPS) is 14.8. The number of anilines is 1. The molecule has 0 saturated carbocycles. The topological polar surface area (TPSA) is 57.6 Å². The predicted octanol–water partition coefficient (Wildman–Crippen LogP) is 2.84. The predicted molar refractivity (Wildman–Crippen MR) is 82.1 cm³/mol. The third-order valence-corrected chi connectivity index (χ3v) is 5.53. The molecule has 0 saturated heterocycles. The summed E-state index contributed by atoms with van der Waals surface area (Å²) in [5.41, 5.74) is 2.94. The molecule has 0 unspecified atom stereocenters. The summed E-state index contributed by atoms with van der Waals surface area (Å²) < 4.78 is 27.0. The lowest BCUT2D eigenvalue weighted by Gasteiger charge is -2.30. The van der Waals surface area contributed by atoms with Crippen molar-refractivity contribution in [3.05, 3.63) is 53.6 Å². The summed E-state index contributed by atoms with van der Waals surface area (Å²) in [7, 11) is -3.64. The van der Waals surface area contributed by atoms with E-state index in [9.17, 15) is 13.5 Å². The molecule has 2 aromatic carbocycles. The third kappa shape index (κ3) is 2.49. The number of fused-ring (bicyclic) bond motifs is 1. The standard InChI is InChI=1S/C16H17NO3S/c1-12-7-8-16-13(10-12)4-3-9-17(16)21(19,20)15-6-2-5-14(18)11-15/h2,5-8,10-11,18H,3-4,9H2,1H3. The molecule has 0 spiro atoms. The summed E-state index contributed by atoms with van der Waals surface area (Å²) in [6.45, 7) is 2.47. The van der Waals surface area contributed by atoms with Crippen LogP contribution in [-0.2, 0) is 16.4 Å². The zero-order valence-corrected chi connectivity index (χ0v) is 12.6. The molecule has 1 aliphatic rings. The molecule has 0 bridgehead atoms. The van der Waals surface area contributed by atoms with Crippen LogP contribution in [0.15, 0.2) is 47.4 Å². The fourth-order valence-corrected chi connectivity index (χ4v) is 4.29. The number of aryl methyl sites for hydroxylation is 2. The maximum atomic E-state index is 12.8. The van der Waals surface area contributed by atoms with Crippen molar-refractivity contribution in [3.8, 4) is 5.75 Å². The van der Waals surface area contributed by atoms with E-state index < -0.39 is 10.0 Å². The van der Waals surface area contributed by atoms with Crippen LogP contribution >= 0.6 is 0 Å². The van der Waals surface area contributed by atoms with Crippen LogP contribution in [0, 0.1) is 6.92 Å². The molecular weight excluding hydrogens is 286 g/mol. The Kier molecular flexibility index (Phi) is 3.37. The van der Waals surface area contributed by atoms with Crippen LogP contribution in [0.1, 0.15) is 17.5 Å². The van der Waals surface area contributed by atoms with Crippen molar-refractivity contribution in [1.29, 1.82) is 0 Å². The number of nitrogens with zero attached hydrogens (tertiary/aromatic N) is 1. The molecule has 0 radical (unpaired) electrons. The van der Waals surface area contributed by atoms with Crippen molar-refractivity contribution in [2.24, 2.45) is 0 Å². The number of phenolic OH excluding ortho intramolecular Hbond substituents is 1. The molecule has 21 heavy (non-hydrogen) atoms. The summed E-state index contributed by atoms with van der Waals surface area (Å²) in [4.78, 5) is 0.121. The van der Waals surface area contributed by atoms with E-state index in [1.165, 1.54) is 22.5 Å². The first kappa shape index (κ1) is 13.9. The van der Waals surface area contributed by atoms with Crippen molar-refractivity contribution >= 4 is 15.7 Å². The van der Waals surface area contributed by atoms with E-state index in [1.54, 1.807) is 6.07 Å². The molecule has 4 nitrogen and oxygen atoms in total. The minimum atomic E-state index is -3.64. The van der Waals surface area contributed by atoms with Crippen LogP contribution in [0.2, 0.25) is 0 Å². The molecule has 2 aromatic rings. The van der Waals surface area contributed by atoms with E-state index in [2.05, 4.69) is 0 Å². The van der Waals surface area contributed by atoms with Crippen LogP contribution < -0.4 is 4.31 Å². The molecule has 1 aliphatic heterocycles. The van der Waals surface area contributed by atoms with E-state index in [4.69, 9.17) is 0 Å². The monoisotopic (exact) mass is 303 g/mol. The molecule has 0 atom stereocenters. The lowest BCUT2D eigenvalue weighted by atomic mass is 10.0. The first-order valence-electron chi connectivity index (χ1n) is 6.90. The van der Waals surface area contributed by atoms with E-state index >= 15 is 0 Å². The second-order valence-corrected chi connectivity index (χ2v) is 7.17. The van der Waals surface area contributed by atoms with Gasteiger partial charge in [0.05, 0.1) is 10.6 Å². The Hall–Kier alpha value is -2.01. The number of aromatic hydroxyl groups is 1. The maximum Gasteiger partial charge on any atom is 0.264 e. The number of sulfonamides is 1. The third-order valence-electron chi connectivity index (χ3n) is 3.72. The molecule has 0 amide bonds. The Labute approximate surface area is 124 Å². The molecular formula is C16H17NO3S. The van der Waals surface area contributed by atoms with Crippen LogP contribution in [0.5, 0.6) is 5.75 Å². The zero-order chi connectivity index (χ0) is 15.0. The van der Waals surface area contributed by atoms with Crippen LogP contribution in [0.3, 0.4) is 0 Å². The number of hydrogen-bond acceptors (Lipinski definition) is 3. The molecule has 3 rings (SSSR count). The summed E-state index contributed by atoms with van der Waals surface area (Å²) in [6.07, 6.45) is 1.69. The highest BCUT2D eigenvalue weighted by molar-refractivity contribution is 7.92. The number of benzene rings is 2. The smallest absolute Gasteiger partial charge is 0.264 e. The van der Waals surface area contributed by atoms with Gasteiger partial charge in [-0.2, -0.15) is 0 Å². The molecule has 1 N–H and O–H groups in total. The van der Waals surface area contributed by atoms with Crippen molar-refractivity contribution in [2.45, 2.75) is 24.7 Å². The maximum absolute atomic E-state index is 12.8. The van der Waals surface area contributed by atoms with E-state index in [0.717, 1.165) is 29.7 Å². The molecule has 5 heteroatoms. The lowest BCUT2D eigenvalue weighted by molar-refractivity contribution is 0.473. The van der Waals surface area contributed by atoms with Gasteiger partial charge in [0.1, 0.15) is 5.75 Å². The van der Waals surface area contributed by atoms with Crippen LogP contribution in [0.25, 0.3) is 0 Å². The first-order chi connectivity index (χ1) is 9.98. The zero-order valence-electron chi connectivity index (χ0n) is 11.8. The van der Waals surface area contributed by atoms with Crippen molar-refractivity contribution in [3.63, 3.8) is 0 Å². The van der Waals surface area contributed by atoms with Gasteiger partial charge in [0.15, 0.2) is 0 Å². The van der Waals surface area contributed by atoms with Crippen molar-refractivity contribution in [2.75, 3.05) is 10.8 Å². The van der Waals surface area contributed by atoms with Gasteiger partial charge in [0, 0.05) is 12.6 Å². The summed E-state index contributed by atoms with van der Waals surface area (Å²) >= 11 is 0. The van der Waals surface area contributed by atoms with Gasteiger partial charge >= 0.3 is 0 Å². The Balaban J connectivity index is 2.09. The van der Waals surface area contributed by atoms with E-state index in [0.29, 0.717) is 6.54 Å². The average Bonchev–Trinajstić information content (AvgIpc) is 2.46. The summed E-state index contributed by atoms with van der Waals surface area (Å²) in [6, 6.07) is 11.6. The first-order valence-corrected chi connectivity index (χ1v) is 8.34. The van der Waals surface area contributed by atoms with Gasteiger partial charge in [-0.1, -0.05) is 23.8 Å². The van der Waals surface area contributed by atoms with Gasteiger partial charge in [-0.25, -0.2) is 8.42 Å². The minimum absolute atomic E-state index is 0.0442. The minimum Gasteiger partial charge on any atom is -0.508 e. The summed E-state index contributed by atoms with van der Waals surface area (Å²) in [5.74, 6) is -0.0442. The Morgan fingerprint density at radius 2 is 1.95 bits per heavy atom. The Bertz CT molecular complexity index is 784. The molecule has 0 aromatic heterocycles. The van der Waals surface area contributed by atoms with E-state index in [-0.39, 0.29) is 10.6 Å². The largest absolute Gasteiger partial charge is 0.508 e. The number of phenols is 1. The van der Waals surface area contributed by atoms with Gasteiger partial charge in [-0.15, -0.1) is 0 Å². The fraction of sp³-hybridized carbons (Fsp3) is 0.250. The van der Waals surface area contributed by atoms with Crippen LogP contribution in [-0.4, -0.2) is 20.1 Å². The highest BCUT2D eigenvalue weighted by Crippen LogP contribution is 2.33. The van der Waals surface area contributed by atoms with Gasteiger partial charge in [-0.05, 0) is 43.5 Å². The lowest BCUT2D eigenvalue weighted by Crippen LogP contribution is -2.35. The van der Waals surface area contributed by atoms with Gasteiger partial charge in [-0.3, -0.25) is 4.31 Å². The number of hydrogen-bond donors (Lipinski definition) is 1. The Morgan fingerprint density at radius 1 is 1.14 bits per heavy atom. The van der Waals surface area contributed by atoms with E-state index in [1.807, 2.05) is 25.1 Å². The molecule has 1 heterocycles. The highest BCUT2D eigenvalue weighted by atomic mass is 32.2. The Morgan fingerprint density at radius 3 is 2.71 bits per heavy atom. The molecule has 0 fully saturated rings. The second-order valence-electron chi connectivity index (χ2n) is 5.31. The number of rotatable bonds is 2. The van der Waals surface area contributed by atoms with Gasteiger partial charge < -0.3 is 5.11 Å². The fourth-order valence-electron chi connectivity index (χ4n) is 2.71. The summed E-state index contributed by atoms with van der Waals surface area (Å²) in [5, 5.41) is 9.52. The van der Waals surface area contributed by atoms with Crippen LogP contribution in [0.4, 0.5) is 5.69 Å². The van der Waals surface area contributed by atoms with Crippen molar-refractivity contribution < 1.29 is 13.5 Å². The second kappa shape index (κ2) is 5.07. The van der Waals surface area contributed by atoms with Crippen molar-refractivity contribution in [1.82, 2.24) is 0 Å². The molecule has 110 valence electrons. The van der Waals surface area contributed by atoms with Gasteiger partial charge in [0.25, 0.3) is 10.0 Å². The quantitative estimate of drug-likeness (QED) is 0.928. The average molecular weight is 303 g/mol. The molecule has 0 aliphatic carbocycles.